The first-order chi connectivity index (χ1) is 18.4. The molecule has 0 spiro atoms. The molecule has 9 nitrogen and oxygen atoms in total. The molecule has 0 unspecified atom stereocenters. The van der Waals surface area contributed by atoms with Crippen molar-refractivity contribution >= 4 is 5.91 Å². The number of benzene rings is 2. The number of carbonyl (C=O) groups excluding carboxylic acids is 1. The van der Waals surface area contributed by atoms with Gasteiger partial charge in [0, 0.05) is 22.8 Å². The summed E-state index contributed by atoms with van der Waals surface area (Å²) in [6.07, 6.45) is 5.70. The van der Waals surface area contributed by atoms with Gasteiger partial charge in [0.1, 0.15) is 0 Å². The Kier molecular flexibility index (Phi) is 7.55. The number of amides is 1. The van der Waals surface area contributed by atoms with Gasteiger partial charge in [-0.05, 0) is 68.7 Å². The maximum Gasteiger partial charge on any atom is 0.267 e. The van der Waals surface area contributed by atoms with E-state index < -0.39 is 5.91 Å². The lowest BCUT2D eigenvalue weighted by molar-refractivity contribution is 0.100. The van der Waals surface area contributed by atoms with E-state index in [0.29, 0.717) is 40.9 Å². The molecule has 0 bridgehead atoms. The molecule has 9 heteroatoms. The molecule has 1 aliphatic rings. The maximum atomic E-state index is 12.6. The highest BCUT2D eigenvalue weighted by atomic mass is 16.5. The van der Waals surface area contributed by atoms with Gasteiger partial charge in [0.15, 0.2) is 11.6 Å². The molecule has 2 N–H and O–H groups in total. The SMILES string of the molecule is CN1CCC(COc2cnc(-c3cccc(Cn4nc(-c5cccc(C(N)=O)c5)ccc4=O)c3)nc2)CC1. The van der Waals surface area contributed by atoms with E-state index in [0.717, 1.165) is 37.1 Å². The topological polar surface area (TPSA) is 116 Å². The van der Waals surface area contributed by atoms with Crippen LogP contribution in [-0.2, 0) is 6.54 Å². The number of primary amides is 1. The fourth-order valence-electron chi connectivity index (χ4n) is 4.51. The van der Waals surface area contributed by atoms with Crippen LogP contribution in [0.15, 0.2) is 77.9 Å². The number of rotatable bonds is 8. The van der Waals surface area contributed by atoms with Gasteiger partial charge in [0.25, 0.3) is 5.56 Å². The molecule has 3 heterocycles. The Balaban J connectivity index is 1.28. The summed E-state index contributed by atoms with van der Waals surface area (Å²) in [7, 11) is 2.15. The Labute approximate surface area is 220 Å². The van der Waals surface area contributed by atoms with E-state index in [1.165, 1.54) is 10.7 Å². The van der Waals surface area contributed by atoms with Crippen molar-refractivity contribution in [2.75, 3.05) is 26.7 Å². The molecule has 194 valence electrons. The van der Waals surface area contributed by atoms with Crippen molar-refractivity contribution in [1.29, 1.82) is 0 Å². The molecule has 4 aromatic rings. The number of hydrogen-bond acceptors (Lipinski definition) is 7. The number of nitrogens with zero attached hydrogens (tertiary/aromatic N) is 5. The van der Waals surface area contributed by atoms with Crippen molar-refractivity contribution in [2.45, 2.75) is 19.4 Å². The van der Waals surface area contributed by atoms with Gasteiger partial charge >= 0.3 is 0 Å². The fourth-order valence-corrected chi connectivity index (χ4v) is 4.51. The summed E-state index contributed by atoms with van der Waals surface area (Å²) in [5.41, 5.74) is 8.55. The highest BCUT2D eigenvalue weighted by Crippen LogP contribution is 2.21. The van der Waals surface area contributed by atoms with E-state index in [4.69, 9.17) is 10.5 Å². The summed E-state index contributed by atoms with van der Waals surface area (Å²) >= 11 is 0. The van der Waals surface area contributed by atoms with Crippen LogP contribution in [0.3, 0.4) is 0 Å². The molecule has 0 atom stereocenters. The summed E-state index contributed by atoms with van der Waals surface area (Å²) in [6.45, 7) is 3.16. The third-order valence-corrected chi connectivity index (χ3v) is 6.78. The van der Waals surface area contributed by atoms with Crippen LogP contribution >= 0.6 is 0 Å². The number of ether oxygens (including phenoxy) is 1. The van der Waals surface area contributed by atoms with Gasteiger partial charge in [-0.25, -0.2) is 14.6 Å². The molecule has 2 aromatic carbocycles. The Morgan fingerprint density at radius 3 is 2.50 bits per heavy atom. The average molecular weight is 511 g/mol. The summed E-state index contributed by atoms with van der Waals surface area (Å²) in [4.78, 5) is 35.4. The van der Waals surface area contributed by atoms with E-state index in [1.54, 1.807) is 36.7 Å². The van der Waals surface area contributed by atoms with Gasteiger partial charge in [-0.2, -0.15) is 5.10 Å². The second-order valence-electron chi connectivity index (χ2n) is 9.66. The summed E-state index contributed by atoms with van der Waals surface area (Å²) in [6, 6.07) is 17.7. The summed E-state index contributed by atoms with van der Waals surface area (Å²) < 4.78 is 7.34. The van der Waals surface area contributed by atoms with E-state index in [2.05, 4.69) is 27.0 Å². The molecule has 5 rings (SSSR count). The molecule has 0 aliphatic carbocycles. The molecule has 1 fully saturated rings. The fraction of sp³-hybridized carbons (Fsp3) is 0.276. The number of hydrogen-bond donors (Lipinski definition) is 1. The van der Waals surface area contributed by atoms with Gasteiger partial charge < -0.3 is 15.4 Å². The van der Waals surface area contributed by atoms with E-state index in [9.17, 15) is 9.59 Å². The van der Waals surface area contributed by atoms with Gasteiger partial charge in [0.2, 0.25) is 5.91 Å². The third-order valence-electron chi connectivity index (χ3n) is 6.78. The molecule has 0 radical (unpaired) electrons. The van der Waals surface area contributed by atoms with Gasteiger partial charge in [-0.3, -0.25) is 9.59 Å². The number of likely N-dealkylation sites (tertiary alicyclic amines) is 1. The maximum absolute atomic E-state index is 12.6. The minimum absolute atomic E-state index is 0.229. The predicted molar refractivity (Wildman–Crippen MR) is 145 cm³/mol. The third kappa shape index (κ3) is 6.12. The van der Waals surface area contributed by atoms with E-state index >= 15 is 0 Å². The number of piperidine rings is 1. The zero-order valence-electron chi connectivity index (χ0n) is 21.3. The van der Waals surface area contributed by atoms with Crippen LogP contribution in [0.2, 0.25) is 0 Å². The number of aromatic nitrogens is 4. The molecule has 1 saturated heterocycles. The highest BCUT2D eigenvalue weighted by molar-refractivity contribution is 5.93. The lowest BCUT2D eigenvalue weighted by Gasteiger charge is -2.28. The first-order valence-corrected chi connectivity index (χ1v) is 12.7. The van der Waals surface area contributed by atoms with Gasteiger partial charge in [0.05, 0.1) is 31.2 Å². The van der Waals surface area contributed by atoms with Crippen LogP contribution < -0.4 is 16.0 Å². The van der Waals surface area contributed by atoms with Crippen molar-refractivity contribution < 1.29 is 9.53 Å². The second kappa shape index (κ2) is 11.4. The first kappa shape index (κ1) is 25.3. The van der Waals surface area contributed by atoms with Crippen molar-refractivity contribution in [3.8, 4) is 28.4 Å². The first-order valence-electron chi connectivity index (χ1n) is 12.7. The quantitative estimate of drug-likeness (QED) is 0.387. The van der Waals surface area contributed by atoms with Gasteiger partial charge in [-0.15, -0.1) is 0 Å². The van der Waals surface area contributed by atoms with Crippen LogP contribution in [0.4, 0.5) is 0 Å². The van der Waals surface area contributed by atoms with Crippen LogP contribution in [0, 0.1) is 5.92 Å². The molecule has 38 heavy (non-hydrogen) atoms. The van der Waals surface area contributed by atoms with Crippen molar-refractivity contribution in [1.82, 2.24) is 24.6 Å². The molecular formula is C29H30N6O3. The lowest BCUT2D eigenvalue weighted by Crippen LogP contribution is -2.32. The standard InChI is InChI=1S/C29H30N6O3/c1-34-12-10-20(11-13-34)19-38-25-16-31-29(32-17-25)24-7-2-4-21(14-24)18-35-27(36)9-8-26(33-35)22-5-3-6-23(15-22)28(30)37/h2-9,14-17,20H,10-13,18-19H2,1H3,(H2,30,37). The zero-order valence-corrected chi connectivity index (χ0v) is 21.3. The molecule has 1 amide bonds. The Hall–Kier alpha value is -4.37. The predicted octanol–water partition coefficient (Wildman–Crippen LogP) is 3.24. The smallest absolute Gasteiger partial charge is 0.267 e. The Morgan fingerprint density at radius 2 is 1.74 bits per heavy atom. The second-order valence-corrected chi connectivity index (χ2v) is 9.66. The summed E-state index contributed by atoms with van der Waals surface area (Å²) in [5.74, 6) is 1.29. The molecule has 2 aromatic heterocycles. The van der Waals surface area contributed by atoms with Crippen LogP contribution in [0.5, 0.6) is 5.75 Å². The molecule has 1 aliphatic heterocycles. The van der Waals surface area contributed by atoms with Crippen molar-refractivity contribution in [3.05, 3.63) is 94.5 Å². The molecule has 0 saturated carbocycles. The number of nitrogens with two attached hydrogens (primary N) is 1. The normalized spacial score (nSPS) is 14.3. The average Bonchev–Trinajstić information content (AvgIpc) is 2.94. The monoisotopic (exact) mass is 510 g/mol. The minimum Gasteiger partial charge on any atom is -0.490 e. The highest BCUT2D eigenvalue weighted by Gasteiger charge is 2.17. The van der Waals surface area contributed by atoms with Crippen LogP contribution in [0.1, 0.15) is 28.8 Å². The van der Waals surface area contributed by atoms with Crippen LogP contribution in [0.25, 0.3) is 22.6 Å². The minimum atomic E-state index is -0.518. The van der Waals surface area contributed by atoms with Crippen molar-refractivity contribution in [3.63, 3.8) is 0 Å². The van der Waals surface area contributed by atoms with E-state index in [-0.39, 0.29) is 12.1 Å². The number of carbonyl (C=O) groups is 1. The van der Waals surface area contributed by atoms with E-state index in [1.807, 2.05) is 30.3 Å². The lowest BCUT2D eigenvalue weighted by atomic mass is 9.98. The summed E-state index contributed by atoms with van der Waals surface area (Å²) in [5, 5.41) is 4.52. The van der Waals surface area contributed by atoms with Gasteiger partial charge in [-0.1, -0.05) is 30.3 Å². The zero-order chi connectivity index (χ0) is 26.5. The Morgan fingerprint density at radius 1 is 1.00 bits per heavy atom. The Bertz CT molecular complexity index is 1480. The van der Waals surface area contributed by atoms with Crippen molar-refractivity contribution in [2.24, 2.45) is 11.7 Å². The molecular weight excluding hydrogens is 480 g/mol. The largest absolute Gasteiger partial charge is 0.490 e. The van der Waals surface area contributed by atoms with Crippen LogP contribution in [-0.4, -0.2) is 57.3 Å².